The van der Waals surface area contributed by atoms with Crippen LogP contribution >= 0.6 is 15.9 Å². The molecule has 1 amide bonds. The molecule has 0 aliphatic heterocycles. The molecule has 0 spiro atoms. The van der Waals surface area contributed by atoms with Gasteiger partial charge in [0.05, 0.1) is 31.0 Å². The van der Waals surface area contributed by atoms with Gasteiger partial charge in [0.2, 0.25) is 0 Å². The van der Waals surface area contributed by atoms with Crippen LogP contribution in [0.15, 0.2) is 87.3 Å². The van der Waals surface area contributed by atoms with Crippen molar-refractivity contribution in [3.8, 4) is 17.2 Å². The second-order valence-corrected chi connectivity index (χ2v) is 12.1. The minimum atomic E-state index is -4.16. The summed E-state index contributed by atoms with van der Waals surface area (Å²) >= 11 is 3.51. The highest BCUT2D eigenvalue weighted by atomic mass is 79.9. The summed E-state index contributed by atoms with van der Waals surface area (Å²) in [4.78, 5) is 13.0. The first-order valence-electron chi connectivity index (χ1n) is 12.6. The number of rotatable bonds is 10. The van der Waals surface area contributed by atoms with Crippen LogP contribution in [0.25, 0.3) is 5.69 Å². The van der Waals surface area contributed by atoms with Gasteiger partial charge < -0.3 is 14.0 Å². The molecule has 4 aromatic rings. The number of hydrogen-bond donors (Lipinski definition) is 1. The minimum Gasteiger partial charge on any atom is -0.493 e. The lowest BCUT2D eigenvalue weighted by Gasteiger charge is -2.24. The number of ether oxygens (including phenoxy) is 2. The third-order valence-electron chi connectivity index (χ3n) is 6.48. The van der Waals surface area contributed by atoms with Crippen molar-refractivity contribution < 1.29 is 22.7 Å². The Morgan fingerprint density at radius 1 is 0.976 bits per heavy atom. The molecule has 0 atom stereocenters. The molecule has 11 heteroatoms. The van der Waals surface area contributed by atoms with E-state index in [2.05, 4.69) is 31.0 Å². The number of hydrogen-bond acceptors (Lipinski definition) is 6. The van der Waals surface area contributed by atoms with E-state index in [1.165, 1.54) is 32.4 Å². The summed E-state index contributed by atoms with van der Waals surface area (Å²) < 4.78 is 42.1. The highest BCUT2D eigenvalue weighted by Crippen LogP contribution is 2.32. The van der Waals surface area contributed by atoms with Crippen LogP contribution in [-0.4, -0.2) is 45.9 Å². The van der Waals surface area contributed by atoms with Gasteiger partial charge in [0.15, 0.2) is 11.5 Å². The molecule has 9 nitrogen and oxygen atoms in total. The Hall–Kier alpha value is -4.09. The summed E-state index contributed by atoms with van der Waals surface area (Å²) in [6.07, 6.45) is 1.55. The van der Waals surface area contributed by atoms with E-state index in [9.17, 15) is 13.2 Å². The molecule has 0 unspecified atom stereocenters. The smallest absolute Gasteiger partial charge is 0.264 e. The SMILES string of the molecule is COc1ccc(S(=O)(=O)N(CC(=O)N/N=C/c2cc(C)n(-c3cccc(Br)c3)c2C)c2ccc(C)cc2)cc1OC. The largest absolute Gasteiger partial charge is 0.493 e. The molecule has 0 aliphatic rings. The summed E-state index contributed by atoms with van der Waals surface area (Å²) in [5.41, 5.74) is 7.51. The average molecular weight is 640 g/mol. The van der Waals surface area contributed by atoms with Crippen molar-refractivity contribution in [3.05, 3.63) is 99.8 Å². The molecular formula is C30H31BrN4O5S. The van der Waals surface area contributed by atoms with Gasteiger partial charge in [0, 0.05) is 33.2 Å². The Labute approximate surface area is 248 Å². The molecule has 214 valence electrons. The zero-order valence-corrected chi connectivity index (χ0v) is 25.8. The molecule has 0 radical (unpaired) electrons. The van der Waals surface area contributed by atoms with Gasteiger partial charge in [-0.25, -0.2) is 13.8 Å². The van der Waals surface area contributed by atoms with Crippen LogP contribution in [0.5, 0.6) is 11.5 Å². The molecule has 0 saturated carbocycles. The monoisotopic (exact) mass is 638 g/mol. The zero-order valence-electron chi connectivity index (χ0n) is 23.4. The number of anilines is 1. The number of hydrazone groups is 1. The van der Waals surface area contributed by atoms with Crippen LogP contribution < -0.4 is 19.2 Å². The maximum absolute atomic E-state index is 13.8. The second kappa shape index (κ2) is 12.6. The molecular weight excluding hydrogens is 608 g/mol. The highest BCUT2D eigenvalue weighted by Gasteiger charge is 2.28. The van der Waals surface area contributed by atoms with Crippen molar-refractivity contribution in [2.24, 2.45) is 5.10 Å². The number of halogens is 1. The van der Waals surface area contributed by atoms with Crippen LogP contribution in [0.1, 0.15) is 22.5 Å². The van der Waals surface area contributed by atoms with Gasteiger partial charge in [-0.2, -0.15) is 5.10 Å². The number of nitrogens with one attached hydrogen (secondary N) is 1. The summed E-state index contributed by atoms with van der Waals surface area (Å²) in [5.74, 6) is 0.0401. The predicted molar refractivity (Wildman–Crippen MR) is 164 cm³/mol. The Morgan fingerprint density at radius 2 is 1.68 bits per heavy atom. The topological polar surface area (TPSA) is 102 Å². The molecule has 3 aromatic carbocycles. The van der Waals surface area contributed by atoms with Crippen molar-refractivity contribution in [1.82, 2.24) is 9.99 Å². The summed E-state index contributed by atoms with van der Waals surface area (Å²) in [5, 5.41) is 4.13. The molecule has 0 bridgehead atoms. The maximum Gasteiger partial charge on any atom is 0.264 e. The number of aryl methyl sites for hydroxylation is 2. The maximum atomic E-state index is 13.8. The Kier molecular flexibility index (Phi) is 9.19. The fraction of sp³-hybridized carbons (Fsp3) is 0.200. The van der Waals surface area contributed by atoms with Crippen LogP contribution in [0.2, 0.25) is 0 Å². The van der Waals surface area contributed by atoms with Crippen molar-refractivity contribution >= 4 is 43.8 Å². The molecule has 1 N–H and O–H groups in total. The van der Waals surface area contributed by atoms with Gasteiger partial charge in [-0.05, 0) is 69.3 Å². The van der Waals surface area contributed by atoms with E-state index in [4.69, 9.17) is 9.47 Å². The van der Waals surface area contributed by atoms with E-state index in [0.29, 0.717) is 11.4 Å². The number of carbonyl (C=O) groups excluding carboxylic acids is 1. The van der Waals surface area contributed by atoms with Crippen molar-refractivity contribution in [3.63, 3.8) is 0 Å². The highest BCUT2D eigenvalue weighted by molar-refractivity contribution is 9.10. The van der Waals surface area contributed by atoms with Gasteiger partial charge in [-0.3, -0.25) is 9.10 Å². The Bertz CT molecular complexity index is 1700. The van der Waals surface area contributed by atoms with E-state index in [0.717, 1.165) is 37.0 Å². The number of nitrogens with zero attached hydrogens (tertiary/aromatic N) is 3. The molecule has 1 aromatic heterocycles. The average Bonchev–Trinajstić information content (AvgIpc) is 3.24. The van der Waals surface area contributed by atoms with Gasteiger partial charge in [-0.1, -0.05) is 39.7 Å². The number of carbonyl (C=O) groups is 1. The Balaban J connectivity index is 1.58. The second-order valence-electron chi connectivity index (χ2n) is 9.30. The summed E-state index contributed by atoms with van der Waals surface area (Å²) in [7, 11) is -1.27. The molecule has 4 rings (SSSR count). The number of sulfonamides is 1. The van der Waals surface area contributed by atoms with E-state index in [1.54, 1.807) is 30.5 Å². The van der Waals surface area contributed by atoms with Crippen molar-refractivity contribution in [2.75, 3.05) is 25.1 Å². The van der Waals surface area contributed by atoms with E-state index in [-0.39, 0.29) is 10.6 Å². The first kappa shape index (κ1) is 29.9. The van der Waals surface area contributed by atoms with Crippen molar-refractivity contribution in [1.29, 1.82) is 0 Å². The molecule has 0 aliphatic carbocycles. The number of methoxy groups -OCH3 is 2. The molecule has 1 heterocycles. The normalized spacial score (nSPS) is 11.5. The van der Waals surface area contributed by atoms with Gasteiger partial charge in [0.25, 0.3) is 15.9 Å². The number of benzene rings is 3. The predicted octanol–water partition coefficient (Wildman–Crippen LogP) is 5.53. The van der Waals surface area contributed by atoms with Crippen LogP contribution in [0.4, 0.5) is 5.69 Å². The molecule has 0 fully saturated rings. The molecule has 41 heavy (non-hydrogen) atoms. The van der Waals surface area contributed by atoms with E-state index < -0.39 is 22.5 Å². The van der Waals surface area contributed by atoms with Crippen LogP contribution in [0, 0.1) is 20.8 Å². The Morgan fingerprint density at radius 3 is 2.34 bits per heavy atom. The summed E-state index contributed by atoms with van der Waals surface area (Å²) in [6.45, 7) is 5.36. The minimum absolute atomic E-state index is 0.0491. The fourth-order valence-electron chi connectivity index (χ4n) is 4.40. The van der Waals surface area contributed by atoms with Gasteiger partial charge in [0.1, 0.15) is 6.54 Å². The zero-order chi connectivity index (χ0) is 29.7. The lowest BCUT2D eigenvalue weighted by molar-refractivity contribution is -0.119. The standard InChI is InChI=1S/C30H31BrN4O5S/c1-20-9-11-25(12-10-20)34(41(37,38)27-13-14-28(39-4)29(17-27)40-5)19-30(36)33-32-18-23-15-21(2)35(22(23)3)26-8-6-7-24(31)16-26/h6-18H,19H2,1-5H3,(H,33,36)/b32-18+. The number of aromatic nitrogens is 1. The third-order valence-corrected chi connectivity index (χ3v) is 8.74. The first-order valence-corrected chi connectivity index (χ1v) is 14.9. The third kappa shape index (κ3) is 6.63. The quantitative estimate of drug-likeness (QED) is 0.182. The molecule has 0 saturated heterocycles. The van der Waals surface area contributed by atoms with E-state index >= 15 is 0 Å². The van der Waals surface area contributed by atoms with E-state index in [1.807, 2.05) is 51.1 Å². The lowest BCUT2D eigenvalue weighted by Crippen LogP contribution is -2.39. The summed E-state index contributed by atoms with van der Waals surface area (Å²) in [6, 6.07) is 21.1. The van der Waals surface area contributed by atoms with Gasteiger partial charge in [-0.15, -0.1) is 0 Å². The first-order chi connectivity index (χ1) is 19.5. The lowest BCUT2D eigenvalue weighted by atomic mass is 10.2. The van der Waals surface area contributed by atoms with Crippen LogP contribution in [0.3, 0.4) is 0 Å². The number of amides is 1. The fourth-order valence-corrected chi connectivity index (χ4v) is 6.22. The van der Waals surface area contributed by atoms with Gasteiger partial charge >= 0.3 is 0 Å². The van der Waals surface area contributed by atoms with Crippen LogP contribution in [-0.2, 0) is 14.8 Å². The van der Waals surface area contributed by atoms with Crippen molar-refractivity contribution in [2.45, 2.75) is 25.7 Å².